The van der Waals surface area contributed by atoms with E-state index >= 15 is 0 Å². The average molecular weight is 876 g/mol. The van der Waals surface area contributed by atoms with Crippen LogP contribution in [0.25, 0.3) is 48.0 Å². The van der Waals surface area contributed by atoms with Crippen LogP contribution in [-0.2, 0) is 16.2 Å². The Morgan fingerprint density at radius 3 is 2.08 bits per heavy atom. The highest BCUT2D eigenvalue weighted by molar-refractivity contribution is 7.26. The topological polar surface area (TPSA) is 11.4 Å². The van der Waals surface area contributed by atoms with Crippen molar-refractivity contribution in [2.75, 3.05) is 9.80 Å². The third kappa shape index (κ3) is 5.32. The summed E-state index contributed by atoms with van der Waals surface area (Å²) < 4.78 is 3.98. The molecule has 2 atom stereocenters. The van der Waals surface area contributed by atoms with E-state index < -0.39 is 0 Å². The van der Waals surface area contributed by atoms with Gasteiger partial charge in [-0.15, -0.1) is 11.3 Å². The van der Waals surface area contributed by atoms with Crippen molar-refractivity contribution in [3.05, 3.63) is 162 Å². The molecule has 0 radical (unpaired) electrons. The highest BCUT2D eigenvalue weighted by Gasteiger charge is 2.58. The molecule has 1 saturated carbocycles. The van der Waals surface area contributed by atoms with Crippen molar-refractivity contribution in [1.29, 1.82) is 0 Å². The highest BCUT2D eigenvalue weighted by Crippen LogP contribution is 2.62. The van der Waals surface area contributed by atoms with Crippen molar-refractivity contribution < 1.29 is 0 Å². The number of aryl methyl sites for hydroxylation is 1. The minimum absolute atomic E-state index is 0.0140. The molecule has 0 N–H and O–H groups in total. The van der Waals surface area contributed by atoms with Crippen LogP contribution in [0.4, 0.5) is 28.4 Å². The molecule has 1 fully saturated rings. The van der Waals surface area contributed by atoms with Gasteiger partial charge in [0.15, 0.2) is 0 Å². The van der Waals surface area contributed by atoms with E-state index in [1.165, 1.54) is 134 Å². The Kier molecular flexibility index (Phi) is 8.26. The zero-order chi connectivity index (χ0) is 45.2. The lowest BCUT2D eigenvalue weighted by Crippen LogP contribution is -2.60. The number of thiophene rings is 1. The lowest BCUT2D eigenvalue weighted by Gasteiger charge is -2.50. The number of fused-ring (bicyclic) bond motifs is 12. The minimum atomic E-state index is -0.0746. The van der Waals surface area contributed by atoms with E-state index in [1.54, 1.807) is 0 Å². The summed E-state index contributed by atoms with van der Waals surface area (Å²) in [6.45, 7) is 21.6. The second-order valence-corrected chi connectivity index (χ2v) is 23.6. The molecule has 0 spiro atoms. The monoisotopic (exact) mass is 875 g/mol. The summed E-state index contributed by atoms with van der Waals surface area (Å²) in [5.74, 6) is 0. The van der Waals surface area contributed by atoms with Gasteiger partial charge in [-0.05, 0) is 130 Å². The first-order chi connectivity index (χ1) is 31.7. The Bertz CT molecular complexity index is 3530. The van der Waals surface area contributed by atoms with Gasteiger partial charge in [-0.3, -0.25) is 0 Å². The number of hydrogen-bond donors (Lipinski definition) is 0. The van der Waals surface area contributed by atoms with Gasteiger partial charge in [0.2, 0.25) is 0 Å². The summed E-state index contributed by atoms with van der Waals surface area (Å²) in [6, 6.07) is 54.6. The summed E-state index contributed by atoms with van der Waals surface area (Å²) in [6.07, 6.45) is 4.88. The van der Waals surface area contributed by atoms with Crippen LogP contribution in [0.1, 0.15) is 103 Å². The number of benzene rings is 7. The molecule has 2 aromatic heterocycles. The second kappa shape index (κ2) is 13.5. The van der Waals surface area contributed by atoms with Crippen LogP contribution in [0.15, 0.2) is 140 Å². The molecular formula is C61H58BN3S. The third-order valence-electron chi connectivity index (χ3n) is 16.7. The Hall–Kier alpha value is -6.04. The third-order valence-corrected chi connectivity index (χ3v) is 17.8. The maximum atomic E-state index is 2.79. The van der Waals surface area contributed by atoms with Gasteiger partial charge in [0.1, 0.15) is 4.83 Å². The molecular weight excluding hydrogens is 818 g/mol. The maximum absolute atomic E-state index is 2.79. The SMILES string of the molecule is Cc1cc2c3c(c1)-n1c4sc5ccccc5c4c4cccc(c41)B3c1ccc(N3c4ccc(C(C)(C)C)cc4C4(C)CCCCC34C)cc1N2c1ccc(C(C)(C)C)cc1-c1ccccc1. The van der Waals surface area contributed by atoms with Crippen LogP contribution in [0.2, 0.25) is 0 Å². The Labute approximate surface area is 394 Å². The zero-order valence-electron chi connectivity index (χ0n) is 39.9. The van der Waals surface area contributed by atoms with Crippen molar-refractivity contribution in [3.63, 3.8) is 0 Å². The number of para-hydroxylation sites is 1. The van der Waals surface area contributed by atoms with Crippen LogP contribution in [0.5, 0.6) is 0 Å². The predicted molar refractivity (Wildman–Crippen MR) is 286 cm³/mol. The molecule has 1 aliphatic carbocycles. The van der Waals surface area contributed by atoms with Crippen LogP contribution in [0, 0.1) is 6.92 Å². The van der Waals surface area contributed by atoms with Crippen LogP contribution >= 0.6 is 11.3 Å². The summed E-state index contributed by atoms with van der Waals surface area (Å²) in [5, 5.41) is 4.08. The fraction of sp³-hybridized carbons (Fsp3) is 0.279. The minimum Gasteiger partial charge on any atom is -0.334 e. The predicted octanol–water partition coefficient (Wildman–Crippen LogP) is 14.9. The standard InChI is InChI=1S/C61H58BN3S/c1-37-32-51-55-52(33-37)64-56-43(54-42-20-13-14-23-53(42)66-57(54)64)21-17-22-47(56)62(55)46-27-26-41(65-49-29-25-40(59(5,6)7)35-45(49)60(8)30-15-16-31-61(60,65)9)36-50(46)63(51)48-28-24-39(58(2,3)4)34-44(48)38-18-11-10-12-19-38/h10-14,17-29,32-36H,15-16,30-31H2,1-9H3. The maximum Gasteiger partial charge on any atom is 0.252 e. The number of rotatable bonds is 3. The first kappa shape index (κ1) is 40.3. The van der Waals surface area contributed by atoms with E-state index in [-0.39, 0.29) is 28.5 Å². The molecule has 326 valence electrons. The molecule has 3 nitrogen and oxygen atoms in total. The first-order valence-electron chi connectivity index (χ1n) is 24.3. The normalized spacial score (nSPS) is 19.7. The lowest BCUT2D eigenvalue weighted by atomic mass is 9.33. The Balaban J connectivity index is 1.13. The van der Waals surface area contributed by atoms with Gasteiger partial charge < -0.3 is 14.4 Å². The summed E-state index contributed by atoms with van der Waals surface area (Å²) >= 11 is 1.93. The smallest absolute Gasteiger partial charge is 0.252 e. The Morgan fingerprint density at radius 1 is 0.591 bits per heavy atom. The van der Waals surface area contributed by atoms with E-state index in [2.05, 4.69) is 216 Å². The van der Waals surface area contributed by atoms with Gasteiger partial charge in [-0.25, -0.2) is 0 Å². The molecule has 7 aromatic carbocycles. The molecule has 5 heterocycles. The Morgan fingerprint density at radius 2 is 1.29 bits per heavy atom. The molecule has 5 heteroatoms. The molecule has 66 heavy (non-hydrogen) atoms. The summed E-state index contributed by atoms with van der Waals surface area (Å²) in [7, 11) is 0. The molecule has 0 bridgehead atoms. The van der Waals surface area contributed by atoms with E-state index in [0.717, 1.165) is 6.42 Å². The summed E-state index contributed by atoms with van der Waals surface area (Å²) in [5.41, 5.74) is 21.3. The van der Waals surface area contributed by atoms with Gasteiger partial charge in [0.05, 0.1) is 16.7 Å². The number of anilines is 5. The van der Waals surface area contributed by atoms with E-state index in [0.29, 0.717) is 0 Å². The van der Waals surface area contributed by atoms with Crippen LogP contribution < -0.4 is 26.2 Å². The van der Waals surface area contributed by atoms with Crippen molar-refractivity contribution in [3.8, 4) is 16.8 Å². The van der Waals surface area contributed by atoms with Gasteiger partial charge >= 0.3 is 0 Å². The fourth-order valence-electron chi connectivity index (χ4n) is 13.1. The van der Waals surface area contributed by atoms with E-state index in [4.69, 9.17) is 0 Å². The molecule has 0 saturated heterocycles. The van der Waals surface area contributed by atoms with Gasteiger partial charge in [-0.1, -0.05) is 152 Å². The zero-order valence-corrected chi connectivity index (χ0v) is 40.8. The molecule has 3 aliphatic heterocycles. The quantitative estimate of drug-likeness (QED) is 0.164. The molecule has 2 unspecified atom stereocenters. The molecule has 9 aromatic rings. The first-order valence-corrected chi connectivity index (χ1v) is 25.2. The highest BCUT2D eigenvalue weighted by atomic mass is 32.1. The number of hydrogen-bond acceptors (Lipinski definition) is 3. The number of nitrogens with zero attached hydrogens (tertiary/aromatic N) is 3. The van der Waals surface area contributed by atoms with E-state index in [1.807, 2.05) is 11.3 Å². The van der Waals surface area contributed by atoms with Crippen molar-refractivity contribution in [1.82, 2.24) is 4.57 Å². The number of aromatic nitrogens is 1. The molecule has 4 aliphatic rings. The van der Waals surface area contributed by atoms with Crippen molar-refractivity contribution >= 4 is 94.1 Å². The van der Waals surface area contributed by atoms with Crippen molar-refractivity contribution in [2.24, 2.45) is 0 Å². The van der Waals surface area contributed by atoms with Gasteiger partial charge in [-0.2, -0.15) is 0 Å². The van der Waals surface area contributed by atoms with Crippen LogP contribution in [0.3, 0.4) is 0 Å². The van der Waals surface area contributed by atoms with Crippen LogP contribution in [-0.4, -0.2) is 16.8 Å². The molecule has 13 rings (SSSR count). The fourth-order valence-corrected chi connectivity index (χ4v) is 14.3. The second-order valence-electron chi connectivity index (χ2n) is 22.6. The average Bonchev–Trinajstić information content (AvgIpc) is 3.90. The largest absolute Gasteiger partial charge is 0.334 e. The van der Waals surface area contributed by atoms with Crippen molar-refractivity contribution in [2.45, 2.75) is 110 Å². The van der Waals surface area contributed by atoms with Gasteiger partial charge in [0, 0.05) is 60.3 Å². The van der Waals surface area contributed by atoms with E-state index in [9.17, 15) is 0 Å². The van der Waals surface area contributed by atoms with Gasteiger partial charge in [0.25, 0.3) is 6.71 Å². The lowest BCUT2D eigenvalue weighted by molar-refractivity contribution is 0.195. The summed E-state index contributed by atoms with van der Waals surface area (Å²) in [4.78, 5) is 6.80. The molecule has 0 amide bonds.